The molecule has 0 spiro atoms. The number of hydrogen-bond acceptors (Lipinski definition) is 3. The predicted molar refractivity (Wildman–Crippen MR) is 87.3 cm³/mol. The van der Waals surface area contributed by atoms with Crippen LogP contribution >= 0.6 is 11.8 Å². The van der Waals surface area contributed by atoms with Crippen LogP contribution in [0.15, 0.2) is 24.3 Å². The Hall–Kier alpha value is -1.00. The van der Waals surface area contributed by atoms with Gasteiger partial charge in [0.15, 0.2) is 0 Å². The Kier molecular flexibility index (Phi) is 4.76. The molecule has 0 radical (unpaired) electrons. The lowest BCUT2D eigenvalue weighted by molar-refractivity contribution is 0.196. The van der Waals surface area contributed by atoms with E-state index in [1.54, 1.807) is 11.8 Å². The van der Waals surface area contributed by atoms with Gasteiger partial charge in [0, 0.05) is 23.5 Å². The van der Waals surface area contributed by atoms with E-state index in [2.05, 4.69) is 43.3 Å². The van der Waals surface area contributed by atoms with Gasteiger partial charge in [-0.25, -0.2) is 4.98 Å². The van der Waals surface area contributed by atoms with E-state index in [0.717, 1.165) is 29.2 Å². The maximum Gasteiger partial charge on any atom is 0.112 e. The van der Waals surface area contributed by atoms with Gasteiger partial charge in [-0.05, 0) is 19.1 Å². The van der Waals surface area contributed by atoms with Crippen LogP contribution in [0.4, 0.5) is 0 Å². The van der Waals surface area contributed by atoms with E-state index in [-0.39, 0.29) is 10.9 Å². The summed E-state index contributed by atoms with van der Waals surface area (Å²) in [6.45, 7) is 9.52. The van der Waals surface area contributed by atoms with Gasteiger partial charge >= 0.3 is 0 Å². The number of aryl methyl sites for hydroxylation is 1. The molecule has 2 rings (SSSR count). The lowest BCUT2D eigenvalue weighted by atomic mass is 10.2. The molecule has 0 bridgehead atoms. The molecule has 3 nitrogen and oxygen atoms in total. The number of benzene rings is 1. The third kappa shape index (κ3) is 3.76. The first-order valence-corrected chi connectivity index (χ1v) is 8.15. The van der Waals surface area contributed by atoms with E-state index < -0.39 is 0 Å². The zero-order valence-electron chi connectivity index (χ0n) is 12.8. The van der Waals surface area contributed by atoms with Crippen LogP contribution in [-0.2, 0) is 13.0 Å². The molecule has 0 aliphatic heterocycles. The minimum Gasteiger partial charge on any atom is -0.392 e. The van der Waals surface area contributed by atoms with Crippen molar-refractivity contribution in [2.24, 2.45) is 0 Å². The third-order valence-corrected chi connectivity index (χ3v) is 4.59. The molecule has 4 heteroatoms. The number of hydrogen-bond donors (Lipinski definition) is 1. The summed E-state index contributed by atoms with van der Waals surface area (Å²) in [5.41, 5.74) is 2.17. The van der Waals surface area contributed by atoms with Crippen LogP contribution in [0.25, 0.3) is 11.0 Å². The van der Waals surface area contributed by atoms with Gasteiger partial charge in [-0.15, -0.1) is 0 Å². The van der Waals surface area contributed by atoms with E-state index in [1.165, 1.54) is 0 Å². The number of aliphatic hydroxyl groups is 1. The van der Waals surface area contributed by atoms with Crippen molar-refractivity contribution >= 4 is 22.8 Å². The first-order valence-electron chi connectivity index (χ1n) is 7.17. The number of thioether (sulfide) groups is 1. The van der Waals surface area contributed by atoms with Crippen LogP contribution in [-0.4, -0.2) is 31.3 Å². The number of nitrogens with zero attached hydrogens (tertiary/aromatic N) is 2. The standard InChI is InChI=1S/C16H24N2OS/c1-5-18-14-9-7-6-8-13(14)17-15(18)10-12(19)11-20-16(2,3)4/h6-9,12,19H,5,10-11H2,1-4H3. The van der Waals surface area contributed by atoms with E-state index in [0.29, 0.717) is 6.42 Å². The summed E-state index contributed by atoms with van der Waals surface area (Å²) in [7, 11) is 0. The fourth-order valence-electron chi connectivity index (χ4n) is 2.25. The maximum absolute atomic E-state index is 10.2. The molecule has 110 valence electrons. The maximum atomic E-state index is 10.2. The molecule has 2 aromatic rings. The molecule has 0 amide bonds. The van der Waals surface area contributed by atoms with Gasteiger partial charge in [-0.1, -0.05) is 32.9 Å². The Labute approximate surface area is 125 Å². The van der Waals surface area contributed by atoms with Crippen LogP contribution in [0.5, 0.6) is 0 Å². The van der Waals surface area contributed by atoms with E-state index >= 15 is 0 Å². The smallest absolute Gasteiger partial charge is 0.112 e. The van der Waals surface area contributed by atoms with Crippen molar-refractivity contribution in [2.75, 3.05) is 5.75 Å². The van der Waals surface area contributed by atoms with Crippen molar-refractivity contribution in [1.29, 1.82) is 0 Å². The summed E-state index contributed by atoms with van der Waals surface area (Å²) in [5, 5.41) is 10.2. The topological polar surface area (TPSA) is 38.0 Å². The third-order valence-electron chi connectivity index (χ3n) is 3.18. The van der Waals surface area contributed by atoms with Crippen LogP contribution in [0.1, 0.15) is 33.5 Å². The van der Waals surface area contributed by atoms with Gasteiger partial charge in [0.25, 0.3) is 0 Å². The number of rotatable bonds is 5. The normalized spacial score (nSPS) is 13.8. The van der Waals surface area contributed by atoms with E-state index in [4.69, 9.17) is 0 Å². The van der Waals surface area contributed by atoms with Gasteiger partial charge in [0.05, 0.1) is 17.1 Å². The molecular formula is C16H24N2OS. The van der Waals surface area contributed by atoms with Crippen molar-refractivity contribution in [3.05, 3.63) is 30.1 Å². The van der Waals surface area contributed by atoms with Gasteiger partial charge in [0.1, 0.15) is 5.82 Å². The van der Waals surface area contributed by atoms with Crippen molar-refractivity contribution in [2.45, 2.75) is 51.5 Å². The van der Waals surface area contributed by atoms with Gasteiger partial charge in [-0.3, -0.25) is 0 Å². The second-order valence-corrected chi connectivity index (χ2v) is 7.89. The summed E-state index contributed by atoms with van der Waals surface area (Å²) in [5.74, 6) is 1.73. The van der Waals surface area contributed by atoms with Crippen molar-refractivity contribution in [3.8, 4) is 0 Å². The first kappa shape index (κ1) is 15.4. The SMILES string of the molecule is CCn1c(CC(O)CSC(C)(C)C)nc2ccccc21. The summed E-state index contributed by atoms with van der Waals surface area (Å²) in [6, 6.07) is 8.16. The lowest BCUT2D eigenvalue weighted by Crippen LogP contribution is -2.20. The van der Waals surface area contributed by atoms with Crippen LogP contribution < -0.4 is 0 Å². The Morgan fingerprint density at radius 1 is 1.30 bits per heavy atom. The zero-order chi connectivity index (χ0) is 14.8. The van der Waals surface area contributed by atoms with E-state index in [1.807, 2.05) is 18.2 Å². The highest BCUT2D eigenvalue weighted by Gasteiger charge is 2.17. The molecule has 1 atom stereocenters. The molecule has 0 fully saturated rings. The average molecular weight is 292 g/mol. The van der Waals surface area contributed by atoms with Crippen molar-refractivity contribution < 1.29 is 5.11 Å². The molecule has 0 aliphatic rings. The molecule has 1 heterocycles. The Morgan fingerprint density at radius 3 is 2.65 bits per heavy atom. The minimum absolute atomic E-state index is 0.186. The molecular weight excluding hydrogens is 268 g/mol. The molecule has 20 heavy (non-hydrogen) atoms. The second kappa shape index (κ2) is 6.19. The largest absolute Gasteiger partial charge is 0.392 e. The highest BCUT2D eigenvalue weighted by Crippen LogP contribution is 2.25. The molecule has 0 saturated heterocycles. The quantitative estimate of drug-likeness (QED) is 0.916. The second-order valence-electron chi connectivity index (χ2n) is 6.04. The van der Waals surface area contributed by atoms with Crippen molar-refractivity contribution in [3.63, 3.8) is 0 Å². The summed E-state index contributed by atoms with van der Waals surface area (Å²) < 4.78 is 2.38. The van der Waals surface area contributed by atoms with E-state index in [9.17, 15) is 5.11 Å². The predicted octanol–water partition coefficient (Wildman–Crippen LogP) is 3.49. The molecule has 1 aromatic heterocycles. The van der Waals surface area contributed by atoms with Crippen molar-refractivity contribution in [1.82, 2.24) is 9.55 Å². The Bertz CT molecular complexity index is 571. The van der Waals surface area contributed by atoms with Gasteiger partial charge < -0.3 is 9.67 Å². The fourth-order valence-corrected chi connectivity index (χ4v) is 3.06. The molecule has 1 unspecified atom stereocenters. The highest BCUT2D eigenvalue weighted by atomic mass is 32.2. The molecule has 0 saturated carbocycles. The number of aliphatic hydroxyl groups excluding tert-OH is 1. The molecule has 1 N–H and O–H groups in total. The lowest BCUT2D eigenvalue weighted by Gasteiger charge is -2.20. The Morgan fingerprint density at radius 2 is 2.00 bits per heavy atom. The van der Waals surface area contributed by atoms with Crippen LogP contribution in [0.2, 0.25) is 0 Å². The van der Waals surface area contributed by atoms with Crippen LogP contribution in [0, 0.1) is 0 Å². The average Bonchev–Trinajstić information content (AvgIpc) is 2.72. The summed E-state index contributed by atoms with van der Waals surface area (Å²) in [4.78, 5) is 4.66. The number of fused-ring (bicyclic) bond motifs is 1. The van der Waals surface area contributed by atoms with Gasteiger partial charge in [-0.2, -0.15) is 11.8 Å². The number of aromatic nitrogens is 2. The fraction of sp³-hybridized carbons (Fsp3) is 0.562. The summed E-state index contributed by atoms with van der Waals surface area (Å²) >= 11 is 1.79. The summed E-state index contributed by atoms with van der Waals surface area (Å²) in [6.07, 6.45) is 0.271. The Balaban J connectivity index is 2.13. The first-order chi connectivity index (χ1) is 9.40. The van der Waals surface area contributed by atoms with Crippen LogP contribution in [0.3, 0.4) is 0 Å². The zero-order valence-corrected chi connectivity index (χ0v) is 13.6. The molecule has 0 aliphatic carbocycles. The monoisotopic (exact) mass is 292 g/mol. The van der Waals surface area contributed by atoms with Gasteiger partial charge in [0.2, 0.25) is 0 Å². The highest BCUT2D eigenvalue weighted by molar-refractivity contribution is 8.00. The molecule has 1 aromatic carbocycles. The number of para-hydroxylation sites is 2. The number of imidazole rings is 1. The minimum atomic E-state index is -0.346.